The summed E-state index contributed by atoms with van der Waals surface area (Å²) >= 11 is 22.2. The number of ether oxygens (including phenoxy) is 2. The number of aryl methyl sites for hydroxylation is 2. The van der Waals surface area contributed by atoms with Gasteiger partial charge in [0, 0.05) is 77.5 Å². The number of rotatable bonds is 8. The van der Waals surface area contributed by atoms with Crippen molar-refractivity contribution >= 4 is 142 Å². The smallest absolute Gasteiger partial charge is 0.407 e. The van der Waals surface area contributed by atoms with E-state index in [4.69, 9.17) is 38.4 Å². The second kappa shape index (κ2) is 24.6. The Morgan fingerprint density at radius 2 is 1.04 bits per heavy atom. The summed E-state index contributed by atoms with van der Waals surface area (Å²) in [5.41, 5.74) is 8.86. The molecule has 25 heteroatoms. The average molecular weight is 1340 g/mol. The van der Waals surface area contributed by atoms with Crippen LogP contribution in [0.5, 0.6) is 0 Å². The van der Waals surface area contributed by atoms with Gasteiger partial charge in [-0.2, -0.15) is 0 Å². The Hall–Kier alpha value is -5.27. The number of fused-ring (bicyclic) bond motifs is 3. The van der Waals surface area contributed by atoms with Crippen LogP contribution in [0, 0.1) is 13.8 Å². The van der Waals surface area contributed by atoms with Crippen LogP contribution in [0.4, 0.5) is 15.3 Å². The van der Waals surface area contributed by atoms with Gasteiger partial charge in [0.25, 0.3) is 20.0 Å². The zero-order valence-corrected chi connectivity index (χ0v) is 51.6. The molecule has 0 atom stereocenters. The van der Waals surface area contributed by atoms with Gasteiger partial charge in [-0.1, -0.05) is 58.6 Å². The topological polar surface area (TPSA) is 247 Å². The predicted octanol–water partition coefficient (Wildman–Crippen LogP) is 12.8. The van der Waals surface area contributed by atoms with Gasteiger partial charge in [0.1, 0.15) is 16.8 Å². The lowest BCUT2D eigenvalue weighted by Crippen LogP contribution is -2.51. The van der Waals surface area contributed by atoms with Crippen LogP contribution in [-0.4, -0.2) is 92.3 Å². The van der Waals surface area contributed by atoms with E-state index >= 15 is 0 Å². The Balaban J connectivity index is 0.000000166. The number of pyridine rings is 3. The molecule has 0 unspecified atom stereocenters. The molecule has 78 heavy (non-hydrogen) atoms. The van der Waals surface area contributed by atoms with Gasteiger partial charge in [0.2, 0.25) is 0 Å². The molecule has 6 N–H and O–H groups in total. The number of anilines is 1. The van der Waals surface area contributed by atoms with Gasteiger partial charge in [-0.05, 0) is 171 Å². The van der Waals surface area contributed by atoms with Crippen molar-refractivity contribution in [1.82, 2.24) is 38.5 Å². The van der Waals surface area contributed by atoms with Crippen LogP contribution in [0.15, 0.2) is 127 Å². The molecule has 6 aromatic heterocycles. The summed E-state index contributed by atoms with van der Waals surface area (Å²) in [6.45, 7) is 14.8. The van der Waals surface area contributed by atoms with Gasteiger partial charge in [-0.3, -0.25) is 0 Å². The normalized spacial score (nSPS) is 17.2. The molecule has 2 aromatic carbocycles. The van der Waals surface area contributed by atoms with Gasteiger partial charge in [0.05, 0.1) is 38.9 Å². The Bertz CT molecular complexity index is 3690. The SMILES string of the molecule is CC(C)(C)OC(=O)NC1CC(N)C1.Cc1ccc(S(=O)(=O)n2ccc3c(Cl)c(Br)cnc32)cc1.Cc1ccc(S(=O)(=O)n2ccc3c(NC4CC(NC(=O)OC(C)(C)C)C4)c(Br)cnc32)cc1.Clc1c(Br)cnc2[nH]ccc12. The van der Waals surface area contributed by atoms with Crippen LogP contribution in [0.25, 0.3) is 33.1 Å². The predicted molar refractivity (Wildman–Crippen MR) is 316 cm³/mol. The standard InChI is InChI=1S/C23H27BrN4O4S.C14H10BrClN2O2S.C9H18N2O2.C7H4BrClN2/c1-14-5-7-17(8-6-14)33(30,31)28-10-9-18-20(19(24)13-25-21(18)28)26-15-11-16(12-15)27-22(29)32-23(2,3)4;1-9-2-4-10(5-3-9)21(19,20)18-7-6-11-13(16)12(15)8-17-14(11)18;1-9(2,3)13-8(12)11-7-4-6(10)5-7;8-5-3-11-7-4(6(5)9)1-2-10-7/h5-10,13,15-16H,11-12H2,1-4H3,(H,25,26)(H,27,29);2-8H,1H3;6-7H,4-5,10H2,1-3H3,(H,11,12);1-3H,(H,10,11). The summed E-state index contributed by atoms with van der Waals surface area (Å²) in [7, 11) is -7.46. The molecule has 18 nitrogen and oxygen atoms in total. The summed E-state index contributed by atoms with van der Waals surface area (Å²) < 4.78 is 66.7. The molecule has 2 amide bonds. The third kappa shape index (κ3) is 14.9. The van der Waals surface area contributed by atoms with E-state index in [9.17, 15) is 26.4 Å². The van der Waals surface area contributed by atoms with Crippen molar-refractivity contribution in [1.29, 1.82) is 0 Å². The number of benzene rings is 2. The van der Waals surface area contributed by atoms with Crippen LogP contribution in [0.2, 0.25) is 10.0 Å². The molecule has 0 radical (unpaired) electrons. The minimum atomic E-state index is -3.78. The van der Waals surface area contributed by atoms with E-state index in [1.54, 1.807) is 73.1 Å². The van der Waals surface area contributed by atoms with Gasteiger partial charge in [-0.25, -0.2) is 49.3 Å². The number of aromatic amines is 1. The second-order valence-corrected chi connectivity index (χ2v) is 27.6. The number of carbonyl (C=O) groups excluding carboxylic acids is 2. The number of nitrogens with one attached hydrogen (secondary N) is 4. The van der Waals surface area contributed by atoms with Crippen molar-refractivity contribution in [2.45, 2.75) is 126 Å². The van der Waals surface area contributed by atoms with Crippen LogP contribution in [-0.2, 0) is 29.5 Å². The molecule has 2 saturated carbocycles. The van der Waals surface area contributed by atoms with E-state index in [1.807, 2.05) is 67.7 Å². The molecule has 2 aliphatic carbocycles. The number of halogens is 5. The highest BCUT2D eigenvalue weighted by Gasteiger charge is 2.33. The molecule has 10 rings (SSSR count). The average Bonchev–Trinajstić information content (AvgIpc) is 4.15. The van der Waals surface area contributed by atoms with Gasteiger partial charge < -0.3 is 36.1 Å². The summed E-state index contributed by atoms with van der Waals surface area (Å²) in [6.07, 6.45) is 12.0. The summed E-state index contributed by atoms with van der Waals surface area (Å²) in [5, 5.41) is 12.5. The number of H-pyrrole nitrogens is 1. The number of alkyl carbamates (subject to hydrolysis) is 2. The van der Waals surface area contributed by atoms with Crippen molar-refractivity contribution in [2.75, 3.05) is 5.32 Å². The number of nitrogens with two attached hydrogens (primary N) is 1. The first-order chi connectivity index (χ1) is 36.5. The lowest BCUT2D eigenvalue weighted by atomic mass is 9.86. The Labute approximate surface area is 488 Å². The molecule has 2 fully saturated rings. The highest BCUT2D eigenvalue weighted by Crippen LogP contribution is 2.36. The highest BCUT2D eigenvalue weighted by molar-refractivity contribution is 9.11. The van der Waals surface area contributed by atoms with Crippen molar-refractivity contribution in [3.05, 3.63) is 139 Å². The fraction of sp³-hybridized carbons (Fsp3) is 0.340. The maximum absolute atomic E-state index is 13.2. The van der Waals surface area contributed by atoms with Gasteiger partial charge >= 0.3 is 12.2 Å². The third-order valence-corrected chi connectivity index (χ3v) is 18.4. The third-order valence-electron chi connectivity index (χ3n) is 11.9. The first-order valence-electron chi connectivity index (χ1n) is 24.4. The number of hydrogen-bond acceptors (Lipinski definition) is 13. The van der Waals surface area contributed by atoms with E-state index in [0.717, 1.165) is 66.4 Å². The molecule has 6 heterocycles. The molecule has 2 aliphatic rings. The van der Waals surface area contributed by atoms with Crippen LogP contribution in [0.1, 0.15) is 78.4 Å². The Kier molecular flexibility index (Phi) is 19.1. The Morgan fingerprint density at radius 3 is 1.51 bits per heavy atom. The van der Waals surface area contributed by atoms with Crippen LogP contribution >= 0.6 is 71.0 Å². The molecular weight excluding hydrogens is 1280 g/mol. The first kappa shape index (κ1) is 60.4. The summed E-state index contributed by atoms with van der Waals surface area (Å²) in [4.78, 5) is 39.2. The van der Waals surface area contributed by atoms with Gasteiger partial charge in [-0.15, -0.1) is 0 Å². The molecule has 0 saturated heterocycles. The number of amides is 2. The lowest BCUT2D eigenvalue weighted by Gasteiger charge is -2.37. The lowest BCUT2D eigenvalue weighted by molar-refractivity contribution is 0.0461. The van der Waals surface area contributed by atoms with Crippen LogP contribution < -0.4 is 21.7 Å². The maximum atomic E-state index is 13.2. The second-order valence-electron chi connectivity index (χ2n) is 20.6. The molecule has 8 aromatic rings. The van der Waals surface area contributed by atoms with Crippen LogP contribution in [0.3, 0.4) is 0 Å². The minimum Gasteiger partial charge on any atom is -0.444 e. The fourth-order valence-electron chi connectivity index (χ4n) is 7.96. The quantitative estimate of drug-likeness (QED) is 0.0951. The van der Waals surface area contributed by atoms with E-state index in [0.29, 0.717) is 36.6 Å². The van der Waals surface area contributed by atoms with E-state index < -0.39 is 37.3 Å². The van der Waals surface area contributed by atoms with Gasteiger partial charge in [0.15, 0.2) is 11.3 Å². The largest absolute Gasteiger partial charge is 0.444 e. The minimum absolute atomic E-state index is 0.0277. The number of carbonyl (C=O) groups is 2. The van der Waals surface area contributed by atoms with E-state index in [-0.39, 0.29) is 40.1 Å². The molecular formula is C53H59Br3Cl2N10O8S2. The van der Waals surface area contributed by atoms with Crippen molar-refractivity contribution in [3.8, 4) is 0 Å². The fourth-order valence-corrected chi connectivity index (χ4v) is 12.0. The Morgan fingerprint density at radius 1 is 0.615 bits per heavy atom. The highest BCUT2D eigenvalue weighted by atomic mass is 79.9. The zero-order valence-electron chi connectivity index (χ0n) is 43.7. The van der Waals surface area contributed by atoms with E-state index in [1.165, 1.54) is 22.6 Å². The monoisotopic (exact) mass is 1330 g/mol. The number of nitrogens with zero attached hydrogens (tertiary/aromatic N) is 5. The maximum Gasteiger partial charge on any atom is 0.407 e. The molecule has 416 valence electrons. The van der Waals surface area contributed by atoms with Crippen molar-refractivity contribution in [3.63, 3.8) is 0 Å². The van der Waals surface area contributed by atoms with E-state index in [2.05, 4.69) is 83.7 Å². The first-order valence-corrected chi connectivity index (χ1v) is 30.4. The number of aromatic nitrogens is 6. The summed E-state index contributed by atoms with van der Waals surface area (Å²) in [6, 6.07) is 19.3. The van der Waals surface area contributed by atoms with Crippen molar-refractivity contribution < 1.29 is 35.9 Å². The molecule has 0 aliphatic heterocycles. The summed E-state index contributed by atoms with van der Waals surface area (Å²) in [5.74, 6) is 0. The number of hydrogen-bond donors (Lipinski definition) is 5. The van der Waals surface area contributed by atoms with Crippen molar-refractivity contribution in [2.24, 2.45) is 5.73 Å². The molecule has 0 bridgehead atoms. The molecule has 0 spiro atoms. The zero-order chi connectivity index (χ0) is 57.1.